The Kier molecular flexibility index (Phi) is 4.19. The monoisotopic (exact) mass is 329 g/mol. The molecule has 1 amide bonds. The number of aryl methyl sites for hydroxylation is 1. The second-order valence-electron chi connectivity index (χ2n) is 4.11. The molecule has 2 aromatic heterocycles. The zero-order valence-corrected chi connectivity index (χ0v) is 12.5. The van der Waals surface area contributed by atoms with Gasteiger partial charge in [-0.15, -0.1) is 0 Å². The molecule has 0 aliphatic rings. The molecule has 2 rings (SSSR count). The number of halogens is 2. The smallest absolute Gasteiger partial charge is 0.340 e. The number of carboxylic acids is 1. The number of hydrogen-bond donors (Lipinski definition) is 1. The van der Waals surface area contributed by atoms with Gasteiger partial charge in [-0.2, -0.15) is 4.37 Å². The quantitative estimate of drug-likeness (QED) is 0.875. The van der Waals surface area contributed by atoms with Crippen LogP contribution in [0, 0.1) is 12.7 Å². The minimum absolute atomic E-state index is 0.0728. The number of carbonyl (C=O) groups excluding carboxylic acids is 1. The van der Waals surface area contributed by atoms with Gasteiger partial charge in [0.15, 0.2) is 0 Å². The van der Waals surface area contributed by atoms with E-state index in [2.05, 4.69) is 9.36 Å². The Labute approximate surface area is 128 Å². The topological polar surface area (TPSA) is 83.4 Å². The molecule has 1 N–H and O–H groups in total. The number of carboxylic acid groups (broad SMARTS) is 1. The Morgan fingerprint density at radius 2 is 2.14 bits per heavy atom. The predicted octanol–water partition coefficient (Wildman–Crippen LogP) is 2.61. The van der Waals surface area contributed by atoms with Crippen molar-refractivity contribution in [2.45, 2.75) is 6.92 Å². The highest BCUT2D eigenvalue weighted by molar-refractivity contribution is 7.11. The fourth-order valence-corrected chi connectivity index (χ4v) is 2.71. The summed E-state index contributed by atoms with van der Waals surface area (Å²) in [5.74, 6) is -2.58. The summed E-state index contributed by atoms with van der Waals surface area (Å²) in [6.07, 6.45) is 0.888. The number of hydrogen-bond acceptors (Lipinski definition) is 5. The molecular formula is C12H9ClFN3O3S. The maximum atomic E-state index is 13.2. The van der Waals surface area contributed by atoms with Crippen molar-refractivity contribution in [2.75, 3.05) is 11.9 Å². The molecule has 0 radical (unpaired) electrons. The van der Waals surface area contributed by atoms with E-state index >= 15 is 0 Å². The standard InChI is InChI=1S/C12H9ClFN3O3S/c1-5-8(12(19)20)11(21-16-5)17(2)10(18)7-3-6(14)4-15-9(7)13/h3-4H,1-2H3,(H,19,20). The van der Waals surface area contributed by atoms with Gasteiger partial charge in [0.05, 0.1) is 17.5 Å². The summed E-state index contributed by atoms with van der Waals surface area (Å²) in [7, 11) is 1.36. The van der Waals surface area contributed by atoms with Crippen molar-refractivity contribution in [3.05, 3.63) is 40.1 Å². The molecule has 0 aliphatic carbocycles. The van der Waals surface area contributed by atoms with E-state index < -0.39 is 17.7 Å². The maximum Gasteiger partial charge on any atom is 0.340 e. The second kappa shape index (κ2) is 5.74. The molecule has 0 bridgehead atoms. The number of aromatic nitrogens is 2. The minimum Gasteiger partial charge on any atom is -0.478 e. The van der Waals surface area contributed by atoms with Crippen molar-refractivity contribution in [3.8, 4) is 0 Å². The number of aromatic carboxylic acids is 1. The maximum absolute atomic E-state index is 13.2. The Morgan fingerprint density at radius 3 is 2.76 bits per heavy atom. The first kappa shape index (κ1) is 15.3. The summed E-state index contributed by atoms with van der Waals surface area (Å²) in [5, 5.41) is 9.15. The van der Waals surface area contributed by atoms with Gasteiger partial charge in [0, 0.05) is 7.05 Å². The first-order chi connectivity index (χ1) is 9.82. The van der Waals surface area contributed by atoms with Gasteiger partial charge in [0.25, 0.3) is 5.91 Å². The number of anilines is 1. The van der Waals surface area contributed by atoms with Crippen molar-refractivity contribution in [1.82, 2.24) is 9.36 Å². The van der Waals surface area contributed by atoms with Gasteiger partial charge in [-0.3, -0.25) is 4.79 Å². The van der Waals surface area contributed by atoms with Crippen LogP contribution in [-0.4, -0.2) is 33.4 Å². The van der Waals surface area contributed by atoms with Crippen LogP contribution in [0.1, 0.15) is 26.4 Å². The van der Waals surface area contributed by atoms with Crippen molar-refractivity contribution < 1.29 is 19.1 Å². The number of amides is 1. The summed E-state index contributed by atoms with van der Waals surface area (Å²) < 4.78 is 17.1. The Balaban J connectivity index is 2.45. The van der Waals surface area contributed by atoms with Crippen LogP contribution >= 0.6 is 23.1 Å². The van der Waals surface area contributed by atoms with E-state index in [1.807, 2.05) is 0 Å². The van der Waals surface area contributed by atoms with Gasteiger partial charge in [-0.25, -0.2) is 14.2 Å². The van der Waals surface area contributed by atoms with E-state index in [-0.39, 0.29) is 21.3 Å². The molecule has 9 heteroatoms. The number of rotatable bonds is 3. The van der Waals surface area contributed by atoms with Gasteiger partial charge in [0.2, 0.25) is 0 Å². The first-order valence-corrected chi connectivity index (χ1v) is 6.76. The molecule has 0 aliphatic heterocycles. The van der Waals surface area contributed by atoms with Crippen LogP contribution in [0.5, 0.6) is 0 Å². The average molecular weight is 330 g/mol. The summed E-state index contributed by atoms with van der Waals surface area (Å²) in [5.41, 5.74) is 0.0727. The summed E-state index contributed by atoms with van der Waals surface area (Å²) in [6, 6.07) is 0.947. The van der Waals surface area contributed by atoms with Gasteiger partial charge in [-0.05, 0) is 24.5 Å². The number of carbonyl (C=O) groups is 2. The number of pyridine rings is 1. The van der Waals surface area contributed by atoms with Crippen LogP contribution in [0.2, 0.25) is 5.15 Å². The third kappa shape index (κ3) is 2.86. The van der Waals surface area contributed by atoms with Crippen molar-refractivity contribution >= 4 is 40.0 Å². The Bertz CT molecular complexity index is 735. The Morgan fingerprint density at radius 1 is 1.48 bits per heavy atom. The third-order valence-corrected chi connectivity index (χ3v) is 4.02. The van der Waals surface area contributed by atoms with Crippen molar-refractivity contribution in [3.63, 3.8) is 0 Å². The average Bonchev–Trinajstić information content (AvgIpc) is 2.81. The highest BCUT2D eigenvalue weighted by atomic mass is 35.5. The van der Waals surface area contributed by atoms with Gasteiger partial charge >= 0.3 is 5.97 Å². The highest BCUT2D eigenvalue weighted by Gasteiger charge is 2.26. The van der Waals surface area contributed by atoms with Crippen LogP contribution in [0.25, 0.3) is 0 Å². The Hall–Kier alpha value is -2.06. The van der Waals surface area contributed by atoms with Gasteiger partial charge < -0.3 is 10.0 Å². The van der Waals surface area contributed by atoms with E-state index in [0.29, 0.717) is 5.69 Å². The van der Waals surface area contributed by atoms with Gasteiger partial charge in [-0.1, -0.05) is 11.6 Å². The SMILES string of the molecule is Cc1nsc(N(C)C(=O)c2cc(F)cnc2Cl)c1C(=O)O. The van der Waals surface area contributed by atoms with Crippen LogP contribution < -0.4 is 4.90 Å². The van der Waals surface area contributed by atoms with E-state index in [1.54, 1.807) is 0 Å². The lowest BCUT2D eigenvalue weighted by molar-refractivity contribution is 0.0697. The largest absolute Gasteiger partial charge is 0.478 e. The fraction of sp³-hybridized carbons (Fsp3) is 0.167. The second-order valence-corrected chi connectivity index (χ2v) is 5.22. The molecule has 0 saturated heterocycles. The first-order valence-electron chi connectivity index (χ1n) is 5.61. The lowest BCUT2D eigenvalue weighted by Gasteiger charge is -2.16. The van der Waals surface area contributed by atoms with Crippen molar-refractivity contribution in [1.29, 1.82) is 0 Å². The third-order valence-electron chi connectivity index (χ3n) is 2.70. The lowest BCUT2D eigenvalue weighted by atomic mass is 10.2. The minimum atomic E-state index is -1.20. The van der Waals surface area contributed by atoms with Gasteiger partial charge in [0.1, 0.15) is 21.5 Å². The molecule has 0 fully saturated rings. The van der Waals surface area contributed by atoms with Crippen LogP contribution in [0.4, 0.5) is 9.39 Å². The molecular weight excluding hydrogens is 321 g/mol. The molecule has 2 heterocycles. The molecule has 0 aromatic carbocycles. The lowest BCUT2D eigenvalue weighted by Crippen LogP contribution is -2.27. The van der Waals surface area contributed by atoms with E-state index in [4.69, 9.17) is 16.7 Å². The molecule has 0 saturated carbocycles. The van der Waals surface area contributed by atoms with Crippen LogP contribution in [0.15, 0.2) is 12.3 Å². The predicted molar refractivity (Wildman–Crippen MR) is 75.7 cm³/mol. The summed E-state index contributed by atoms with van der Waals surface area (Å²) >= 11 is 6.64. The van der Waals surface area contributed by atoms with E-state index in [1.165, 1.54) is 14.0 Å². The molecule has 2 aromatic rings. The van der Waals surface area contributed by atoms with E-state index in [9.17, 15) is 14.0 Å². The molecule has 6 nitrogen and oxygen atoms in total. The zero-order valence-electron chi connectivity index (χ0n) is 10.9. The summed E-state index contributed by atoms with van der Waals surface area (Å²) in [6.45, 7) is 1.53. The fourth-order valence-electron chi connectivity index (χ4n) is 1.68. The zero-order chi connectivity index (χ0) is 15.7. The van der Waals surface area contributed by atoms with Crippen LogP contribution in [-0.2, 0) is 0 Å². The van der Waals surface area contributed by atoms with Crippen molar-refractivity contribution in [2.24, 2.45) is 0 Å². The number of nitrogens with zero attached hydrogens (tertiary/aromatic N) is 3. The molecule has 21 heavy (non-hydrogen) atoms. The molecule has 0 atom stereocenters. The highest BCUT2D eigenvalue weighted by Crippen LogP contribution is 2.29. The normalized spacial score (nSPS) is 10.5. The molecule has 0 spiro atoms. The van der Waals surface area contributed by atoms with E-state index in [0.717, 1.165) is 28.7 Å². The summed E-state index contributed by atoms with van der Waals surface area (Å²) in [4.78, 5) is 28.2. The molecule has 0 unspecified atom stereocenters. The van der Waals surface area contributed by atoms with Crippen LogP contribution in [0.3, 0.4) is 0 Å². The molecule has 110 valence electrons.